The summed E-state index contributed by atoms with van der Waals surface area (Å²) in [5, 5.41) is 6.11. The number of hydrogen-bond acceptors (Lipinski definition) is 2. The number of nitrogens with one attached hydrogen (secondary N) is 2. The van der Waals surface area contributed by atoms with Crippen LogP contribution < -0.4 is 10.6 Å². The molecule has 4 unspecified atom stereocenters. The fourth-order valence-corrected chi connectivity index (χ4v) is 3.41. The molecule has 3 nitrogen and oxygen atoms in total. The minimum absolute atomic E-state index is 0.00885. The van der Waals surface area contributed by atoms with Crippen molar-refractivity contribution >= 4 is 5.91 Å². The van der Waals surface area contributed by atoms with Crippen molar-refractivity contribution in [1.82, 2.24) is 10.6 Å². The molecule has 0 aromatic carbocycles. The van der Waals surface area contributed by atoms with E-state index in [1.807, 2.05) is 6.92 Å². The number of halogens is 3. The van der Waals surface area contributed by atoms with Crippen LogP contribution in [-0.4, -0.2) is 30.7 Å². The summed E-state index contributed by atoms with van der Waals surface area (Å²) in [4.78, 5) is 12.2. The Kier molecular flexibility index (Phi) is 4.94. The zero-order chi connectivity index (χ0) is 14.8. The molecule has 0 spiro atoms. The van der Waals surface area contributed by atoms with Gasteiger partial charge >= 0.3 is 6.18 Å². The lowest BCUT2D eigenvalue weighted by atomic mass is 9.78. The van der Waals surface area contributed by atoms with Gasteiger partial charge in [0, 0.05) is 18.0 Å². The molecule has 2 fully saturated rings. The first-order chi connectivity index (χ1) is 9.38. The molecule has 2 aliphatic rings. The van der Waals surface area contributed by atoms with Crippen molar-refractivity contribution in [3.8, 4) is 0 Å². The van der Waals surface area contributed by atoms with Crippen LogP contribution in [0.25, 0.3) is 0 Å². The van der Waals surface area contributed by atoms with Crippen molar-refractivity contribution in [3.05, 3.63) is 0 Å². The van der Waals surface area contributed by atoms with Gasteiger partial charge in [0.1, 0.15) is 0 Å². The number of hydrogen-bond donors (Lipinski definition) is 2. The fourth-order valence-electron chi connectivity index (χ4n) is 3.41. The lowest BCUT2D eigenvalue weighted by Gasteiger charge is -2.34. The van der Waals surface area contributed by atoms with E-state index in [0.717, 1.165) is 19.4 Å². The first-order valence-corrected chi connectivity index (χ1v) is 7.48. The molecule has 1 aliphatic heterocycles. The van der Waals surface area contributed by atoms with Gasteiger partial charge in [-0.05, 0) is 39.2 Å². The average molecular weight is 292 g/mol. The van der Waals surface area contributed by atoms with Crippen LogP contribution >= 0.6 is 0 Å². The standard InChI is InChI=1S/C14H23F3N2O/c1-9-8-10(6-7-18-9)19-13(20)11-4-2-3-5-12(11)14(15,16)17/h9-12,18H,2-8H2,1H3,(H,19,20). The van der Waals surface area contributed by atoms with Crippen LogP contribution in [0.2, 0.25) is 0 Å². The highest BCUT2D eigenvalue weighted by Gasteiger charge is 2.48. The van der Waals surface area contributed by atoms with Crippen molar-refractivity contribution < 1.29 is 18.0 Å². The van der Waals surface area contributed by atoms with E-state index in [-0.39, 0.29) is 12.5 Å². The minimum Gasteiger partial charge on any atom is -0.353 e. The molecule has 20 heavy (non-hydrogen) atoms. The highest BCUT2D eigenvalue weighted by atomic mass is 19.4. The maximum Gasteiger partial charge on any atom is 0.392 e. The summed E-state index contributed by atoms with van der Waals surface area (Å²) >= 11 is 0. The van der Waals surface area contributed by atoms with Gasteiger partial charge in [0.2, 0.25) is 5.91 Å². The summed E-state index contributed by atoms with van der Waals surface area (Å²) in [5.41, 5.74) is 0. The van der Waals surface area contributed by atoms with Gasteiger partial charge in [0.05, 0.1) is 5.92 Å². The smallest absolute Gasteiger partial charge is 0.353 e. The number of rotatable bonds is 2. The Balaban J connectivity index is 1.95. The summed E-state index contributed by atoms with van der Waals surface area (Å²) in [6, 6.07) is 0.313. The summed E-state index contributed by atoms with van der Waals surface area (Å²) in [6.07, 6.45) is -0.954. The van der Waals surface area contributed by atoms with Crippen LogP contribution in [0.15, 0.2) is 0 Å². The van der Waals surface area contributed by atoms with E-state index in [0.29, 0.717) is 25.3 Å². The van der Waals surface area contributed by atoms with Crippen molar-refractivity contribution in [2.24, 2.45) is 11.8 Å². The van der Waals surface area contributed by atoms with E-state index in [1.54, 1.807) is 0 Å². The molecule has 1 saturated heterocycles. The highest BCUT2D eigenvalue weighted by molar-refractivity contribution is 5.79. The minimum atomic E-state index is -4.26. The zero-order valence-corrected chi connectivity index (χ0v) is 11.8. The van der Waals surface area contributed by atoms with E-state index in [9.17, 15) is 18.0 Å². The second-order valence-electron chi connectivity index (χ2n) is 6.12. The van der Waals surface area contributed by atoms with Crippen molar-refractivity contribution in [2.45, 2.75) is 63.7 Å². The van der Waals surface area contributed by atoms with E-state index < -0.39 is 23.9 Å². The third-order valence-electron chi connectivity index (χ3n) is 4.49. The van der Waals surface area contributed by atoms with Crippen molar-refractivity contribution in [2.75, 3.05) is 6.54 Å². The molecular weight excluding hydrogens is 269 g/mol. The maximum atomic E-state index is 13.0. The van der Waals surface area contributed by atoms with Gasteiger partial charge < -0.3 is 10.6 Å². The average Bonchev–Trinajstić information content (AvgIpc) is 2.37. The summed E-state index contributed by atoms with van der Waals surface area (Å²) in [5.74, 6) is -2.75. The Labute approximate surface area is 117 Å². The predicted octanol–water partition coefficient (Wildman–Crippen LogP) is 2.61. The lowest BCUT2D eigenvalue weighted by molar-refractivity contribution is -0.198. The first kappa shape index (κ1) is 15.6. The molecular formula is C14H23F3N2O. The Hall–Kier alpha value is -0.780. The molecule has 1 amide bonds. The van der Waals surface area contributed by atoms with E-state index in [4.69, 9.17) is 0 Å². The number of carbonyl (C=O) groups excluding carboxylic acids is 1. The molecule has 2 rings (SSSR count). The van der Waals surface area contributed by atoms with Crippen LogP contribution in [0.1, 0.15) is 45.4 Å². The van der Waals surface area contributed by atoms with Gasteiger partial charge in [-0.25, -0.2) is 0 Å². The molecule has 0 bridgehead atoms. The number of amides is 1. The lowest BCUT2D eigenvalue weighted by Crippen LogP contribution is -2.50. The summed E-state index contributed by atoms with van der Waals surface area (Å²) in [7, 11) is 0. The van der Waals surface area contributed by atoms with Crippen LogP contribution in [-0.2, 0) is 4.79 Å². The van der Waals surface area contributed by atoms with Crippen LogP contribution in [0, 0.1) is 11.8 Å². The number of piperidine rings is 1. The Morgan fingerprint density at radius 1 is 1.20 bits per heavy atom. The van der Waals surface area contributed by atoms with Crippen LogP contribution in [0.5, 0.6) is 0 Å². The number of alkyl halides is 3. The van der Waals surface area contributed by atoms with Crippen molar-refractivity contribution in [1.29, 1.82) is 0 Å². The molecule has 116 valence electrons. The fraction of sp³-hybridized carbons (Fsp3) is 0.929. The third-order valence-corrected chi connectivity index (χ3v) is 4.49. The second kappa shape index (κ2) is 6.33. The SMILES string of the molecule is CC1CC(NC(=O)C2CCCCC2C(F)(F)F)CCN1. The molecule has 4 atom stereocenters. The molecule has 1 saturated carbocycles. The first-order valence-electron chi connectivity index (χ1n) is 7.48. The van der Waals surface area contributed by atoms with Gasteiger partial charge in [-0.1, -0.05) is 12.8 Å². The zero-order valence-electron chi connectivity index (χ0n) is 11.8. The van der Waals surface area contributed by atoms with E-state index >= 15 is 0 Å². The second-order valence-corrected chi connectivity index (χ2v) is 6.12. The van der Waals surface area contributed by atoms with Gasteiger partial charge in [0.15, 0.2) is 0 Å². The van der Waals surface area contributed by atoms with Crippen LogP contribution in [0.4, 0.5) is 13.2 Å². The Bertz CT molecular complexity index is 346. The monoisotopic (exact) mass is 292 g/mol. The summed E-state index contributed by atoms with van der Waals surface area (Å²) in [6.45, 7) is 2.83. The number of carbonyl (C=O) groups is 1. The normalized spacial score (nSPS) is 35.6. The molecule has 6 heteroatoms. The van der Waals surface area contributed by atoms with E-state index in [2.05, 4.69) is 10.6 Å². The van der Waals surface area contributed by atoms with E-state index in [1.165, 1.54) is 0 Å². The largest absolute Gasteiger partial charge is 0.392 e. The predicted molar refractivity (Wildman–Crippen MR) is 70.1 cm³/mol. The Morgan fingerprint density at radius 3 is 2.55 bits per heavy atom. The molecule has 0 aromatic heterocycles. The summed E-state index contributed by atoms with van der Waals surface area (Å²) < 4.78 is 39.0. The highest BCUT2D eigenvalue weighted by Crippen LogP contribution is 2.41. The topological polar surface area (TPSA) is 41.1 Å². The quantitative estimate of drug-likeness (QED) is 0.821. The molecule has 0 radical (unpaired) electrons. The molecule has 1 aliphatic carbocycles. The molecule has 2 N–H and O–H groups in total. The van der Waals surface area contributed by atoms with Crippen molar-refractivity contribution in [3.63, 3.8) is 0 Å². The van der Waals surface area contributed by atoms with Gasteiger partial charge in [-0.15, -0.1) is 0 Å². The van der Waals surface area contributed by atoms with Crippen LogP contribution in [0.3, 0.4) is 0 Å². The Morgan fingerprint density at radius 2 is 1.90 bits per heavy atom. The van der Waals surface area contributed by atoms with Gasteiger partial charge in [-0.3, -0.25) is 4.79 Å². The molecule has 1 heterocycles. The maximum absolute atomic E-state index is 13.0. The van der Waals surface area contributed by atoms with Gasteiger partial charge in [0.25, 0.3) is 0 Å². The van der Waals surface area contributed by atoms with Gasteiger partial charge in [-0.2, -0.15) is 13.2 Å². The molecule has 0 aromatic rings. The third kappa shape index (κ3) is 3.87.